The first kappa shape index (κ1) is 20.2. The Labute approximate surface area is 169 Å². The molecule has 2 heterocycles. The molecular weight excluding hydrogens is 382 g/mol. The molecule has 1 saturated heterocycles. The Morgan fingerprint density at radius 2 is 2.00 bits per heavy atom. The summed E-state index contributed by atoms with van der Waals surface area (Å²) in [7, 11) is 1.67. The summed E-state index contributed by atoms with van der Waals surface area (Å²) in [6.45, 7) is 5.39. The maximum atomic E-state index is 12.5. The van der Waals surface area contributed by atoms with Gasteiger partial charge in [-0.2, -0.15) is 5.10 Å². The minimum Gasteiger partial charge on any atom is -0.462 e. The average Bonchev–Trinajstić information content (AvgIpc) is 3.03. The molecule has 0 aliphatic carbocycles. The number of ether oxygens (including phenoxy) is 1. The molecule has 28 heavy (non-hydrogen) atoms. The summed E-state index contributed by atoms with van der Waals surface area (Å²) in [6, 6.07) is 7.78. The second-order valence-corrected chi connectivity index (χ2v) is 6.98. The van der Waals surface area contributed by atoms with Gasteiger partial charge in [0.2, 0.25) is 5.91 Å². The number of hydrogen-bond acceptors (Lipinski definition) is 6. The van der Waals surface area contributed by atoms with E-state index in [0.717, 1.165) is 31.9 Å². The number of nitrogens with one attached hydrogen (secondary N) is 1. The summed E-state index contributed by atoms with van der Waals surface area (Å²) < 4.78 is 6.47. The molecule has 1 aromatic carbocycles. The minimum absolute atomic E-state index is 0.189. The summed E-state index contributed by atoms with van der Waals surface area (Å²) in [5.74, 6) is -0.340. The van der Waals surface area contributed by atoms with Crippen LogP contribution < -0.4 is 10.2 Å². The SMILES string of the molecule is CCOC(=O)c1cnn(C)c1NC(=O)CN1CCN(c2cccc(Cl)c2)CC1. The highest BCUT2D eigenvalue weighted by Gasteiger charge is 2.22. The Morgan fingerprint density at radius 3 is 2.68 bits per heavy atom. The van der Waals surface area contributed by atoms with Gasteiger partial charge in [0.1, 0.15) is 11.4 Å². The number of esters is 1. The largest absolute Gasteiger partial charge is 0.462 e. The molecule has 0 atom stereocenters. The smallest absolute Gasteiger partial charge is 0.343 e. The number of amides is 1. The van der Waals surface area contributed by atoms with Crippen LogP contribution in [0.2, 0.25) is 5.02 Å². The Hall–Kier alpha value is -2.58. The number of benzene rings is 1. The number of piperazine rings is 1. The fourth-order valence-corrected chi connectivity index (χ4v) is 3.34. The molecule has 0 unspecified atom stereocenters. The van der Waals surface area contributed by atoms with E-state index in [1.807, 2.05) is 24.3 Å². The third-order valence-electron chi connectivity index (χ3n) is 4.60. The lowest BCUT2D eigenvalue weighted by Crippen LogP contribution is -2.48. The normalized spacial score (nSPS) is 14.8. The molecule has 1 aromatic heterocycles. The van der Waals surface area contributed by atoms with Gasteiger partial charge in [-0.15, -0.1) is 0 Å². The van der Waals surface area contributed by atoms with E-state index < -0.39 is 5.97 Å². The fraction of sp³-hybridized carbons (Fsp3) is 0.421. The number of halogens is 1. The van der Waals surface area contributed by atoms with Gasteiger partial charge in [-0.3, -0.25) is 14.4 Å². The van der Waals surface area contributed by atoms with Crippen molar-refractivity contribution >= 4 is 35.0 Å². The zero-order valence-electron chi connectivity index (χ0n) is 16.0. The molecule has 1 aliphatic rings. The zero-order valence-corrected chi connectivity index (χ0v) is 16.8. The predicted molar refractivity (Wildman–Crippen MR) is 108 cm³/mol. The summed E-state index contributed by atoms with van der Waals surface area (Å²) in [4.78, 5) is 28.8. The first-order valence-corrected chi connectivity index (χ1v) is 9.57. The Balaban J connectivity index is 1.54. The van der Waals surface area contributed by atoms with Crippen molar-refractivity contribution in [1.29, 1.82) is 0 Å². The van der Waals surface area contributed by atoms with Gasteiger partial charge in [0.25, 0.3) is 0 Å². The standard InChI is InChI=1S/C19H24ClN5O3/c1-3-28-19(27)16-12-21-23(2)18(16)22-17(26)13-24-7-9-25(10-8-24)15-6-4-5-14(20)11-15/h4-6,11-12H,3,7-10,13H2,1-2H3,(H,22,26). The summed E-state index contributed by atoms with van der Waals surface area (Å²) >= 11 is 6.07. The van der Waals surface area contributed by atoms with Crippen LogP contribution in [0.5, 0.6) is 0 Å². The van der Waals surface area contributed by atoms with Gasteiger partial charge in [0.05, 0.1) is 19.3 Å². The fourth-order valence-electron chi connectivity index (χ4n) is 3.16. The molecule has 0 bridgehead atoms. The van der Waals surface area contributed by atoms with E-state index in [-0.39, 0.29) is 24.6 Å². The molecule has 2 aromatic rings. The van der Waals surface area contributed by atoms with Gasteiger partial charge in [0, 0.05) is 43.9 Å². The molecule has 0 saturated carbocycles. The summed E-state index contributed by atoms with van der Waals surface area (Å²) in [6.07, 6.45) is 1.40. The van der Waals surface area contributed by atoms with E-state index in [1.54, 1.807) is 14.0 Å². The number of aryl methyl sites for hydroxylation is 1. The molecule has 8 nitrogen and oxygen atoms in total. The summed E-state index contributed by atoms with van der Waals surface area (Å²) in [5.41, 5.74) is 1.34. The quantitative estimate of drug-likeness (QED) is 0.740. The Bertz CT molecular complexity index is 846. The monoisotopic (exact) mass is 405 g/mol. The van der Waals surface area contributed by atoms with Crippen molar-refractivity contribution in [3.8, 4) is 0 Å². The van der Waals surface area contributed by atoms with E-state index >= 15 is 0 Å². The second kappa shape index (κ2) is 9.07. The van der Waals surface area contributed by atoms with E-state index in [9.17, 15) is 9.59 Å². The first-order valence-electron chi connectivity index (χ1n) is 9.19. The summed E-state index contributed by atoms with van der Waals surface area (Å²) in [5, 5.41) is 7.54. The molecule has 1 N–H and O–H groups in total. The van der Waals surface area contributed by atoms with Gasteiger partial charge < -0.3 is 15.0 Å². The van der Waals surface area contributed by atoms with Crippen LogP contribution in [0.4, 0.5) is 11.5 Å². The van der Waals surface area contributed by atoms with Crippen molar-refractivity contribution < 1.29 is 14.3 Å². The van der Waals surface area contributed by atoms with Crippen LogP contribution in [0.25, 0.3) is 0 Å². The van der Waals surface area contributed by atoms with Crippen LogP contribution in [0.1, 0.15) is 17.3 Å². The van der Waals surface area contributed by atoms with Gasteiger partial charge >= 0.3 is 5.97 Å². The molecule has 1 fully saturated rings. The Morgan fingerprint density at radius 1 is 1.25 bits per heavy atom. The number of carbonyl (C=O) groups excluding carboxylic acids is 2. The number of hydrogen-bond donors (Lipinski definition) is 1. The maximum absolute atomic E-state index is 12.5. The van der Waals surface area contributed by atoms with Gasteiger partial charge in [-0.05, 0) is 25.1 Å². The number of aromatic nitrogens is 2. The lowest BCUT2D eigenvalue weighted by molar-refractivity contribution is -0.117. The van der Waals surface area contributed by atoms with Crippen LogP contribution >= 0.6 is 11.6 Å². The average molecular weight is 406 g/mol. The maximum Gasteiger partial charge on any atom is 0.343 e. The van der Waals surface area contributed by atoms with E-state index in [2.05, 4.69) is 20.2 Å². The molecule has 1 amide bonds. The molecule has 0 radical (unpaired) electrons. The second-order valence-electron chi connectivity index (χ2n) is 6.54. The van der Waals surface area contributed by atoms with Crippen LogP contribution in [0, 0.1) is 0 Å². The van der Waals surface area contributed by atoms with Crippen LogP contribution in [-0.2, 0) is 16.6 Å². The van der Waals surface area contributed by atoms with Crippen molar-refractivity contribution in [2.75, 3.05) is 49.5 Å². The predicted octanol–water partition coefficient (Wildman–Crippen LogP) is 2.01. The van der Waals surface area contributed by atoms with Crippen LogP contribution in [0.3, 0.4) is 0 Å². The van der Waals surface area contributed by atoms with E-state index in [1.165, 1.54) is 10.9 Å². The van der Waals surface area contributed by atoms with Crippen molar-refractivity contribution in [1.82, 2.24) is 14.7 Å². The number of nitrogens with zero attached hydrogens (tertiary/aromatic N) is 4. The highest BCUT2D eigenvalue weighted by atomic mass is 35.5. The molecular formula is C19H24ClN5O3. The van der Waals surface area contributed by atoms with Crippen molar-refractivity contribution in [3.05, 3.63) is 41.0 Å². The lowest BCUT2D eigenvalue weighted by atomic mass is 10.2. The number of anilines is 2. The van der Waals surface area contributed by atoms with E-state index in [4.69, 9.17) is 16.3 Å². The molecule has 1 aliphatic heterocycles. The van der Waals surface area contributed by atoms with Gasteiger partial charge in [0.15, 0.2) is 0 Å². The molecule has 9 heteroatoms. The Kier molecular flexibility index (Phi) is 6.53. The molecule has 150 valence electrons. The number of rotatable bonds is 6. The highest BCUT2D eigenvalue weighted by Crippen LogP contribution is 2.21. The zero-order chi connectivity index (χ0) is 20.1. The van der Waals surface area contributed by atoms with E-state index in [0.29, 0.717) is 10.8 Å². The molecule has 0 spiro atoms. The number of carbonyl (C=O) groups is 2. The lowest BCUT2D eigenvalue weighted by Gasteiger charge is -2.35. The van der Waals surface area contributed by atoms with Gasteiger partial charge in [-0.1, -0.05) is 17.7 Å². The molecule has 3 rings (SSSR count). The van der Waals surface area contributed by atoms with Crippen molar-refractivity contribution in [2.24, 2.45) is 7.05 Å². The minimum atomic E-state index is -0.499. The van der Waals surface area contributed by atoms with Gasteiger partial charge in [-0.25, -0.2) is 4.79 Å². The van der Waals surface area contributed by atoms with Crippen molar-refractivity contribution in [3.63, 3.8) is 0 Å². The topological polar surface area (TPSA) is 79.7 Å². The third-order valence-corrected chi connectivity index (χ3v) is 4.84. The highest BCUT2D eigenvalue weighted by molar-refractivity contribution is 6.30. The van der Waals surface area contributed by atoms with Crippen LogP contribution in [-0.4, -0.2) is 65.9 Å². The first-order chi connectivity index (χ1) is 13.5. The third kappa shape index (κ3) is 4.82. The van der Waals surface area contributed by atoms with Crippen molar-refractivity contribution in [2.45, 2.75) is 6.92 Å². The van der Waals surface area contributed by atoms with Crippen LogP contribution in [0.15, 0.2) is 30.5 Å².